The molecule has 0 radical (unpaired) electrons. The number of anilines is 1. The number of aliphatic carboxylic acids is 1. The highest BCUT2D eigenvalue weighted by molar-refractivity contribution is 6.42. The van der Waals surface area contributed by atoms with Crippen LogP contribution in [0.2, 0.25) is 10.0 Å². The van der Waals surface area contributed by atoms with Crippen molar-refractivity contribution in [3.63, 3.8) is 0 Å². The second-order valence-corrected chi connectivity index (χ2v) is 6.54. The second-order valence-electron chi connectivity index (χ2n) is 5.73. The Morgan fingerprint density at radius 2 is 1.97 bits per heavy atom. The van der Waals surface area contributed by atoms with Gasteiger partial charge in [0.05, 0.1) is 17.2 Å². The Kier molecular flexibility index (Phi) is 7.48. The molecule has 0 aliphatic carbocycles. The van der Waals surface area contributed by atoms with Crippen LogP contribution in [-0.2, 0) is 9.59 Å². The quantitative estimate of drug-likeness (QED) is 0.493. The highest BCUT2D eigenvalue weighted by atomic mass is 35.5. The van der Waals surface area contributed by atoms with E-state index < -0.39 is 18.0 Å². The Bertz CT molecular complexity index is 1010. The summed E-state index contributed by atoms with van der Waals surface area (Å²) in [7, 11) is 1.39. The molecule has 9 heteroatoms. The van der Waals surface area contributed by atoms with Crippen molar-refractivity contribution in [2.24, 2.45) is 0 Å². The lowest BCUT2D eigenvalue weighted by molar-refractivity contribution is -0.144. The Labute approximate surface area is 177 Å². The molecule has 2 N–H and O–H groups in total. The lowest BCUT2D eigenvalue weighted by atomic mass is 10.1. The van der Waals surface area contributed by atoms with Crippen LogP contribution in [-0.4, -0.2) is 30.2 Å². The van der Waals surface area contributed by atoms with Crippen LogP contribution in [0.3, 0.4) is 0 Å². The van der Waals surface area contributed by atoms with E-state index in [0.717, 1.165) is 0 Å². The molecule has 2 aromatic carbocycles. The highest BCUT2D eigenvalue weighted by Gasteiger charge is 2.19. The summed E-state index contributed by atoms with van der Waals surface area (Å²) in [5.41, 5.74) is 0.419. The van der Waals surface area contributed by atoms with Crippen molar-refractivity contribution < 1.29 is 24.2 Å². The summed E-state index contributed by atoms with van der Waals surface area (Å²) in [6.45, 7) is 1.35. The number of nitrogens with one attached hydrogen (secondary N) is 1. The predicted octanol–water partition coefficient (Wildman–Crippen LogP) is 4.40. The average Bonchev–Trinajstić information content (AvgIpc) is 2.69. The van der Waals surface area contributed by atoms with E-state index in [0.29, 0.717) is 16.3 Å². The summed E-state index contributed by atoms with van der Waals surface area (Å²) >= 11 is 11.8. The van der Waals surface area contributed by atoms with Crippen molar-refractivity contribution in [3.05, 3.63) is 57.6 Å². The smallest absolute Gasteiger partial charge is 0.344 e. The molecule has 1 atom stereocenters. The van der Waals surface area contributed by atoms with Gasteiger partial charge in [0, 0.05) is 11.3 Å². The first kappa shape index (κ1) is 22.1. The van der Waals surface area contributed by atoms with E-state index in [1.165, 1.54) is 38.3 Å². The zero-order chi connectivity index (χ0) is 21.6. The lowest BCUT2D eigenvalue weighted by Gasteiger charge is -2.16. The van der Waals surface area contributed by atoms with Crippen LogP contribution in [0.15, 0.2) is 42.0 Å². The zero-order valence-corrected chi connectivity index (χ0v) is 16.9. The number of carboxylic acids is 1. The minimum absolute atomic E-state index is 0.0972. The number of nitrogens with zero attached hydrogens (tertiary/aromatic N) is 1. The molecule has 0 heterocycles. The van der Waals surface area contributed by atoms with Gasteiger partial charge in [-0.2, -0.15) is 5.26 Å². The van der Waals surface area contributed by atoms with Crippen LogP contribution in [0.1, 0.15) is 12.5 Å². The van der Waals surface area contributed by atoms with Gasteiger partial charge in [-0.05, 0) is 37.3 Å². The standard InChI is InChI=1S/C20H16Cl2N2O5/c1-11(20(26)27)29-18-12(4-3-5-17(18)28-2)8-13(10-23)19(25)24-14-6-7-15(21)16(22)9-14/h3-9,11H,1-2H3,(H,24,25)(H,26,27)/b13-8-/t11-/m1/s1. The van der Waals surface area contributed by atoms with Gasteiger partial charge in [0.2, 0.25) is 0 Å². The van der Waals surface area contributed by atoms with Crippen LogP contribution < -0.4 is 14.8 Å². The first-order chi connectivity index (χ1) is 13.8. The van der Waals surface area contributed by atoms with Crippen molar-refractivity contribution >= 4 is 46.8 Å². The summed E-state index contributed by atoms with van der Waals surface area (Å²) < 4.78 is 10.7. The molecule has 1 amide bonds. The van der Waals surface area contributed by atoms with Gasteiger partial charge in [-0.15, -0.1) is 0 Å². The topological polar surface area (TPSA) is 109 Å². The third kappa shape index (κ3) is 5.64. The summed E-state index contributed by atoms with van der Waals surface area (Å²) in [6, 6.07) is 11.1. The van der Waals surface area contributed by atoms with E-state index in [4.69, 9.17) is 37.8 Å². The number of carboxylic acid groups (broad SMARTS) is 1. The van der Waals surface area contributed by atoms with E-state index in [-0.39, 0.29) is 22.1 Å². The van der Waals surface area contributed by atoms with Crippen LogP contribution in [0.25, 0.3) is 6.08 Å². The SMILES string of the molecule is COc1cccc(/C=C(/C#N)C(=O)Nc2ccc(Cl)c(Cl)c2)c1O[C@H](C)C(=O)O. The number of ether oxygens (including phenoxy) is 2. The fraction of sp³-hybridized carbons (Fsp3) is 0.150. The van der Waals surface area contributed by atoms with E-state index >= 15 is 0 Å². The van der Waals surface area contributed by atoms with E-state index in [9.17, 15) is 14.9 Å². The Morgan fingerprint density at radius 1 is 1.24 bits per heavy atom. The maximum absolute atomic E-state index is 12.5. The monoisotopic (exact) mass is 434 g/mol. The number of hydrogen-bond donors (Lipinski definition) is 2. The molecule has 0 saturated carbocycles. The average molecular weight is 435 g/mol. The Morgan fingerprint density at radius 3 is 2.55 bits per heavy atom. The molecule has 29 heavy (non-hydrogen) atoms. The molecule has 7 nitrogen and oxygen atoms in total. The molecule has 0 aliphatic heterocycles. The van der Waals surface area contributed by atoms with Gasteiger partial charge >= 0.3 is 5.97 Å². The number of benzene rings is 2. The summed E-state index contributed by atoms with van der Waals surface area (Å²) in [4.78, 5) is 23.6. The molecule has 2 aromatic rings. The zero-order valence-electron chi connectivity index (χ0n) is 15.4. The van der Waals surface area contributed by atoms with Gasteiger partial charge < -0.3 is 19.9 Å². The predicted molar refractivity (Wildman–Crippen MR) is 109 cm³/mol. The molecule has 0 fully saturated rings. The largest absolute Gasteiger partial charge is 0.493 e. The minimum atomic E-state index is -1.18. The molecule has 0 bridgehead atoms. The molecule has 0 spiro atoms. The van der Waals surface area contributed by atoms with Crippen molar-refractivity contribution in [3.8, 4) is 17.6 Å². The van der Waals surface area contributed by atoms with Gasteiger partial charge in [0.25, 0.3) is 5.91 Å². The minimum Gasteiger partial charge on any atom is -0.493 e. The number of halogens is 2. The van der Waals surface area contributed by atoms with Crippen LogP contribution in [0.5, 0.6) is 11.5 Å². The van der Waals surface area contributed by atoms with E-state index in [1.807, 2.05) is 6.07 Å². The maximum Gasteiger partial charge on any atom is 0.344 e. The van der Waals surface area contributed by atoms with Crippen molar-refractivity contribution in [2.45, 2.75) is 13.0 Å². The number of rotatable bonds is 7. The molecule has 0 aromatic heterocycles. The normalized spacial score (nSPS) is 11.9. The maximum atomic E-state index is 12.5. The van der Waals surface area contributed by atoms with Crippen molar-refractivity contribution in [2.75, 3.05) is 12.4 Å². The first-order valence-corrected chi connectivity index (χ1v) is 8.97. The molecule has 0 aliphatic rings. The van der Waals surface area contributed by atoms with Crippen LogP contribution in [0.4, 0.5) is 5.69 Å². The summed E-state index contributed by atoms with van der Waals surface area (Å²) in [5.74, 6) is -1.51. The van der Waals surface area contributed by atoms with E-state index in [1.54, 1.807) is 18.2 Å². The fourth-order valence-corrected chi connectivity index (χ4v) is 2.54. The van der Waals surface area contributed by atoms with Gasteiger partial charge in [-0.3, -0.25) is 4.79 Å². The molecule has 150 valence electrons. The summed E-state index contributed by atoms with van der Waals surface area (Å²) in [5, 5.41) is 21.7. The number of carbonyl (C=O) groups is 2. The number of para-hydroxylation sites is 1. The summed E-state index contributed by atoms with van der Waals surface area (Å²) in [6.07, 6.45) is 0.105. The van der Waals surface area contributed by atoms with Gasteiger partial charge in [0.1, 0.15) is 11.6 Å². The molecule has 0 unspecified atom stereocenters. The second kappa shape index (κ2) is 9.82. The van der Waals surface area contributed by atoms with E-state index in [2.05, 4.69) is 5.32 Å². The molecule has 0 saturated heterocycles. The number of carbonyl (C=O) groups excluding carboxylic acids is 1. The Balaban J connectivity index is 2.38. The van der Waals surface area contributed by atoms with Gasteiger partial charge in [0.15, 0.2) is 17.6 Å². The number of hydrogen-bond acceptors (Lipinski definition) is 5. The van der Waals surface area contributed by atoms with Crippen LogP contribution in [0, 0.1) is 11.3 Å². The third-order valence-corrected chi connectivity index (χ3v) is 4.45. The van der Waals surface area contributed by atoms with Gasteiger partial charge in [-0.1, -0.05) is 35.3 Å². The lowest BCUT2D eigenvalue weighted by Crippen LogP contribution is -2.23. The van der Waals surface area contributed by atoms with Crippen molar-refractivity contribution in [1.82, 2.24) is 0 Å². The Hall–Kier alpha value is -3.21. The number of nitriles is 1. The number of amides is 1. The third-order valence-electron chi connectivity index (χ3n) is 3.71. The molecular formula is C20H16Cl2N2O5. The highest BCUT2D eigenvalue weighted by Crippen LogP contribution is 2.33. The fourth-order valence-electron chi connectivity index (χ4n) is 2.24. The number of methoxy groups -OCH3 is 1. The first-order valence-electron chi connectivity index (χ1n) is 8.21. The van der Waals surface area contributed by atoms with Crippen molar-refractivity contribution in [1.29, 1.82) is 5.26 Å². The van der Waals surface area contributed by atoms with Crippen LogP contribution >= 0.6 is 23.2 Å². The van der Waals surface area contributed by atoms with Gasteiger partial charge in [-0.25, -0.2) is 4.79 Å². The molecular weight excluding hydrogens is 419 g/mol. The molecule has 2 rings (SSSR count).